The summed E-state index contributed by atoms with van der Waals surface area (Å²) in [5, 5.41) is 5.71. The van der Waals surface area contributed by atoms with Crippen LogP contribution in [0.3, 0.4) is 0 Å². The quantitative estimate of drug-likeness (QED) is 0.445. The number of amides is 2. The number of carbonyl (C=O) groups is 2. The number of rotatable bonds is 5. The van der Waals surface area contributed by atoms with E-state index in [4.69, 9.17) is 14.5 Å². The van der Waals surface area contributed by atoms with Crippen molar-refractivity contribution in [2.45, 2.75) is 37.8 Å². The molecule has 3 aromatic rings. The number of likely N-dealkylation sites (tertiary alicyclic amines) is 1. The minimum atomic E-state index is -0.597. The highest BCUT2D eigenvalue weighted by molar-refractivity contribution is 5.95. The number of fused-ring (bicyclic) bond motifs is 4. The van der Waals surface area contributed by atoms with Gasteiger partial charge in [-0.2, -0.15) is 0 Å². The van der Waals surface area contributed by atoms with E-state index in [1.54, 1.807) is 6.07 Å². The molecule has 3 N–H and O–H groups in total. The summed E-state index contributed by atoms with van der Waals surface area (Å²) in [6.45, 7) is 3.28. The van der Waals surface area contributed by atoms with Crippen LogP contribution in [0.4, 0.5) is 20.8 Å². The molecule has 4 aliphatic rings. The van der Waals surface area contributed by atoms with E-state index < -0.39 is 11.7 Å². The Bertz CT molecular complexity index is 1480. The van der Waals surface area contributed by atoms with Gasteiger partial charge in [-0.15, -0.1) is 0 Å². The molecule has 1 aliphatic carbocycles. The van der Waals surface area contributed by atoms with Crippen LogP contribution in [-0.4, -0.2) is 82.3 Å². The molecule has 7 rings (SSSR count). The van der Waals surface area contributed by atoms with Crippen molar-refractivity contribution in [3.8, 4) is 5.88 Å². The molecule has 1 atom stereocenters. The predicted molar refractivity (Wildman–Crippen MR) is 138 cm³/mol. The summed E-state index contributed by atoms with van der Waals surface area (Å²) in [4.78, 5) is 44.8. The van der Waals surface area contributed by atoms with Crippen LogP contribution in [0.25, 0.3) is 11.0 Å². The van der Waals surface area contributed by atoms with Crippen LogP contribution >= 0.6 is 0 Å². The maximum absolute atomic E-state index is 14.9. The van der Waals surface area contributed by atoms with Crippen LogP contribution in [0.5, 0.6) is 5.88 Å². The third kappa shape index (κ3) is 4.25. The van der Waals surface area contributed by atoms with Crippen LogP contribution in [-0.2, 0) is 28.9 Å². The molecule has 2 aromatic heterocycles. The van der Waals surface area contributed by atoms with E-state index in [-0.39, 0.29) is 30.0 Å². The Labute approximate surface area is 223 Å². The van der Waals surface area contributed by atoms with E-state index in [9.17, 15) is 14.0 Å². The smallest absolute Gasteiger partial charge is 0.416 e. The lowest BCUT2D eigenvalue weighted by Crippen LogP contribution is -2.48. The number of piperidine rings is 1. The van der Waals surface area contributed by atoms with Crippen molar-refractivity contribution in [2.75, 3.05) is 50.1 Å². The summed E-state index contributed by atoms with van der Waals surface area (Å²) in [5.41, 5.74) is 2.85. The molecule has 39 heavy (non-hydrogen) atoms. The largest absolute Gasteiger partial charge is 0.465 e. The molecule has 12 nitrogen and oxygen atoms in total. The van der Waals surface area contributed by atoms with Crippen molar-refractivity contribution < 1.29 is 23.5 Å². The number of halogens is 1. The Morgan fingerprint density at radius 2 is 2.03 bits per heavy atom. The number of aromatic nitrogens is 4. The molecule has 0 radical (unpaired) electrons. The number of nitrogens with one attached hydrogen (secondary N) is 3. The fourth-order valence-corrected chi connectivity index (χ4v) is 6.30. The van der Waals surface area contributed by atoms with Gasteiger partial charge in [0.05, 0.1) is 30.3 Å². The lowest BCUT2D eigenvalue weighted by Gasteiger charge is -2.38. The normalized spacial score (nSPS) is 22.1. The van der Waals surface area contributed by atoms with Gasteiger partial charge in [-0.3, -0.25) is 9.69 Å². The third-order valence-electron chi connectivity index (χ3n) is 8.17. The maximum Gasteiger partial charge on any atom is 0.416 e. The average Bonchev–Trinajstić information content (AvgIpc) is 3.61. The first-order chi connectivity index (χ1) is 18.9. The highest BCUT2D eigenvalue weighted by Crippen LogP contribution is 2.38. The van der Waals surface area contributed by atoms with Crippen LogP contribution in [0.15, 0.2) is 12.3 Å². The molecule has 204 valence electrons. The van der Waals surface area contributed by atoms with Gasteiger partial charge in [0.1, 0.15) is 17.2 Å². The molecule has 5 heterocycles. The second kappa shape index (κ2) is 9.12. The first-order valence-electron chi connectivity index (χ1n) is 13.3. The van der Waals surface area contributed by atoms with E-state index in [0.29, 0.717) is 44.1 Å². The maximum atomic E-state index is 14.9. The Hall–Kier alpha value is -3.84. The van der Waals surface area contributed by atoms with Gasteiger partial charge >= 0.3 is 6.09 Å². The number of hydrogen-bond acceptors (Lipinski definition) is 9. The number of H-pyrrole nitrogens is 1. The second-order valence-corrected chi connectivity index (χ2v) is 10.9. The lowest BCUT2D eigenvalue weighted by atomic mass is 9.90. The van der Waals surface area contributed by atoms with Gasteiger partial charge < -0.3 is 30.0 Å². The van der Waals surface area contributed by atoms with Crippen LogP contribution in [0.1, 0.15) is 29.8 Å². The van der Waals surface area contributed by atoms with Gasteiger partial charge in [0.25, 0.3) is 11.8 Å². The van der Waals surface area contributed by atoms with Crippen molar-refractivity contribution in [2.24, 2.45) is 5.92 Å². The van der Waals surface area contributed by atoms with Crippen molar-refractivity contribution in [1.29, 1.82) is 0 Å². The molecule has 1 unspecified atom stereocenters. The molecule has 0 saturated carbocycles. The number of benzene rings is 1. The van der Waals surface area contributed by atoms with Gasteiger partial charge in [0.15, 0.2) is 18.2 Å². The molecule has 2 saturated heterocycles. The predicted octanol–water partition coefficient (Wildman–Crippen LogP) is 1.75. The highest BCUT2D eigenvalue weighted by atomic mass is 19.1. The second-order valence-electron chi connectivity index (χ2n) is 10.9. The zero-order chi connectivity index (χ0) is 26.7. The molecule has 0 bridgehead atoms. The summed E-state index contributed by atoms with van der Waals surface area (Å²) in [6, 6.07) is 1.57. The Morgan fingerprint density at radius 1 is 1.21 bits per heavy atom. The average molecular weight is 537 g/mol. The standard InChI is InChI=1S/C26H29FN8O4/c1-28-9-19-30-18-8-17(27)15-6-14(7-16(15)22(18)31-19)11-34-4-2-26(3-5-34)13-35(25(37)39-26)20-10-29-24-23(32-20)33-21(36)12-38-24/h8,10,14,28H,2-7,9,11-13H2,1H3,(H,30,31)(H,32,33,36). The van der Waals surface area contributed by atoms with Crippen molar-refractivity contribution >= 4 is 34.7 Å². The Balaban J connectivity index is 0.995. The fraction of sp³-hybridized carbons (Fsp3) is 0.500. The molecule has 1 spiro atoms. The van der Waals surface area contributed by atoms with Crippen molar-refractivity contribution in [1.82, 2.24) is 30.2 Å². The summed E-state index contributed by atoms with van der Waals surface area (Å²) in [7, 11) is 1.86. The lowest BCUT2D eigenvalue weighted by molar-refractivity contribution is -0.118. The monoisotopic (exact) mass is 536 g/mol. The topological polar surface area (TPSA) is 138 Å². The van der Waals surface area contributed by atoms with Gasteiger partial charge in [0.2, 0.25) is 0 Å². The molecule has 3 aliphatic heterocycles. The van der Waals surface area contributed by atoms with Gasteiger partial charge in [-0.05, 0) is 43.0 Å². The first-order valence-corrected chi connectivity index (χ1v) is 13.3. The number of anilines is 2. The van der Waals surface area contributed by atoms with E-state index in [1.807, 2.05) is 7.05 Å². The summed E-state index contributed by atoms with van der Waals surface area (Å²) in [6.07, 6.45) is 3.88. The first kappa shape index (κ1) is 24.2. The third-order valence-corrected chi connectivity index (χ3v) is 8.17. The Kier molecular flexibility index (Phi) is 5.67. The number of aromatic amines is 1. The van der Waals surface area contributed by atoms with E-state index in [2.05, 4.69) is 30.5 Å². The van der Waals surface area contributed by atoms with E-state index in [0.717, 1.165) is 54.0 Å². The fourth-order valence-electron chi connectivity index (χ4n) is 6.30. The molecule has 2 amide bonds. The number of carbonyl (C=O) groups excluding carboxylic acids is 2. The molecular formula is C26H29FN8O4. The minimum Gasteiger partial charge on any atom is -0.465 e. The number of hydrogen-bond donors (Lipinski definition) is 3. The summed E-state index contributed by atoms with van der Waals surface area (Å²) >= 11 is 0. The van der Waals surface area contributed by atoms with Gasteiger partial charge in [-0.25, -0.2) is 24.1 Å². The summed E-state index contributed by atoms with van der Waals surface area (Å²) in [5.74, 6) is 1.39. The molecule has 2 fully saturated rings. The SMILES string of the molecule is CNCc1nc2c3c(c(F)cc2[nH]1)CC(CN1CCC2(CC1)CN(c1cnc4c(n1)NC(=O)CO4)C(=O)O2)C3. The zero-order valence-corrected chi connectivity index (χ0v) is 21.6. The summed E-state index contributed by atoms with van der Waals surface area (Å²) < 4.78 is 26.1. The number of nitrogens with zero attached hydrogens (tertiary/aromatic N) is 5. The minimum absolute atomic E-state index is 0.112. The molecular weight excluding hydrogens is 507 g/mol. The zero-order valence-electron chi connectivity index (χ0n) is 21.6. The van der Waals surface area contributed by atoms with Crippen LogP contribution in [0, 0.1) is 11.7 Å². The van der Waals surface area contributed by atoms with Crippen LogP contribution in [0.2, 0.25) is 0 Å². The van der Waals surface area contributed by atoms with Crippen molar-refractivity contribution in [3.05, 3.63) is 35.0 Å². The van der Waals surface area contributed by atoms with Gasteiger partial charge in [0, 0.05) is 32.5 Å². The molecule has 13 heteroatoms. The molecule has 1 aromatic carbocycles. The van der Waals surface area contributed by atoms with Crippen LogP contribution < -0.4 is 20.3 Å². The van der Waals surface area contributed by atoms with Gasteiger partial charge in [-0.1, -0.05) is 0 Å². The van der Waals surface area contributed by atoms with E-state index >= 15 is 0 Å². The van der Waals surface area contributed by atoms with E-state index in [1.165, 1.54) is 11.1 Å². The Morgan fingerprint density at radius 3 is 2.85 bits per heavy atom. The van der Waals surface area contributed by atoms with Crippen molar-refractivity contribution in [3.63, 3.8) is 0 Å². The number of ether oxygens (including phenoxy) is 2. The number of imidazole rings is 1. The highest BCUT2D eigenvalue weighted by Gasteiger charge is 2.48.